The van der Waals surface area contributed by atoms with Crippen LogP contribution in [0.5, 0.6) is 5.75 Å². The molecule has 22 heavy (non-hydrogen) atoms. The summed E-state index contributed by atoms with van der Waals surface area (Å²) >= 11 is 5.35. The lowest BCUT2D eigenvalue weighted by Crippen LogP contribution is -2.30. The highest BCUT2D eigenvalue weighted by atomic mass is 79.9. The SMILES string of the molecule is COc1ccc(Br)cc1CCc1sccc1C1=NCCCN1. The fourth-order valence-electron chi connectivity index (χ4n) is 2.65. The molecule has 5 heteroatoms. The largest absolute Gasteiger partial charge is 0.496 e. The fraction of sp³-hybridized carbons (Fsp3) is 0.353. The van der Waals surface area contributed by atoms with Gasteiger partial charge in [-0.05, 0) is 54.5 Å². The van der Waals surface area contributed by atoms with Gasteiger partial charge in [0.05, 0.1) is 7.11 Å². The van der Waals surface area contributed by atoms with Crippen LogP contribution in [0, 0.1) is 0 Å². The van der Waals surface area contributed by atoms with Crippen LogP contribution in [-0.4, -0.2) is 26.0 Å². The quantitative estimate of drug-likeness (QED) is 0.851. The Morgan fingerprint density at radius 1 is 1.32 bits per heavy atom. The van der Waals surface area contributed by atoms with Crippen LogP contribution in [0.25, 0.3) is 0 Å². The molecular weight excluding hydrogens is 360 g/mol. The van der Waals surface area contributed by atoms with Crippen LogP contribution < -0.4 is 10.1 Å². The maximum absolute atomic E-state index is 5.46. The minimum atomic E-state index is 0.928. The zero-order valence-electron chi connectivity index (χ0n) is 12.6. The summed E-state index contributed by atoms with van der Waals surface area (Å²) < 4.78 is 6.55. The number of ether oxygens (including phenoxy) is 1. The predicted octanol–water partition coefficient (Wildman–Crippen LogP) is 4.04. The molecule has 1 aliphatic heterocycles. The summed E-state index contributed by atoms with van der Waals surface area (Å²) in [6, 6.07) is 8.35. The van der Waals surface area contributed by atoms with Crippen molar-refractivity contribution in [1.82, 2.24) is 5.32 Å². The highest BCUT2D eigenvalue weighted by Gasteiger charge is 2.14. The van der Waals surface area contributed by atoms with E-state index in [-0.39, 0.29) is 0 Å². The van der Waals surface area contributed by atoms with Crippen LogP contribution in [0.15, 0.2) is 39.1 Å². The van der Waals surface area contributed by atoms with E-state index in [9.17, 15) is 0 Å². The van der Waals surface area contributed by atoms with E-state index in [1.807, 2.05) is 12.1 Å². The molecule has 2 aromatic rings. The number of hydrogen-bond donors (Lipinski definition) is 1. The molecule has 0 saturated carbocycles. The lowest BCUT2D eigenvalue weighted by molar-refractivity contribution is 0.409. The molecule has 0 atom stereocenters. The number of halogens is 1. The molecule has 1 aliphatic rings. The molecule has 1 aromatic heterocycles. The molecule has 0 unspecified atom stereocenters. The Kier molecular flexibility index (Phi) is 5.16. The minimum Gasteiger partial charge on any atom is -0.496 e. The number of methoxy groups -OCH3 is 1. The molecule has 0 aliphatic carbocycles. The Morgan fingerprint density at radius 3 is 3.00 bits per heavy atom. The summed E-state index contributed by atoms with van der Waals surface area (Å²) in [6.07, 6.45) is 3.09. The third-order valence-corrected chi connectivity index (χ3v) is 5.24. The van der Waals surface area contributed by atoms with Crippen LogP contribution in [0.1, 0.15) is 22.4 Å². The monoisotopic (exact) mass is 378 g/mol. The van der Waals surface area contributed by atoms with Gasteiger partial charge in [0.2, 0.25) is 0 Å². The van der Waals surface area contributed by atoms with E-state index < -0.39 is 0 Å². The van der Waals surface area contributed by atoms with Gasteiger partial charge >= 0.3 is 0 Å². The molecular formula is C17H19BrN2OS. The molecule has 0 saturated heterocycles. The first kappa shape index (κ1) is 15.6. The normalized spacial score (nSPS) is 14.4. The van der Waals surface area contributed by atoms with E-state index in [1.165, 1.54) is 16.0 Å². The smallest absolute Gasteiger partial charge is 0.129 e. The summed E-state index contributed by atoms with van der Waals surface area (Å²) in [7, 11) is 1.73. The number of aliphatic imine (C=N–C) groups is 1. The zero-order chi connectivity index (χ0) is 15.4. The van der Waals surface area contributed by atoms with Gasteiger partial charge in [-0.15, -0.1) is 11.3 Å². The summed E-state index contributed by atoms with van der Waals surface area (Å²) in [5.41, 5.74) is 2.49. The Labute approximate surface area is 143 Å². The van der Waals surface area contributed by atoms with E-state index >= 15 is 0 Å². The van der Waals surface area contributed by atoms with E-state index in [2.05, 4.69) is 43.8 Å². The van der Waals surface area contributed by atoms with Crippen molar-refractivity contribution in [2.24, 2.45) is 4.99 Å². The van der Waals surface area contributed by atoms with Gasteiger partial charge in [-0.2, -0.15) is 0 Å². The molecule has 0 radical (unpaired) electrons. The summed E-state index contributed by atoms with van der Waals surface area (Å²) in [5.74, 6) is 2.01. The maximum Gasteiger partial charge on any atom is 0.129 e. The van der Waals surface area contributed by atoms with Crippen molar-refractivity contribution < 1.29 is 4.74 Å². The molecule has 0 spiro atoms. The Morgan fingerprint density at radius 2 is 2.23 bits per heavy atom. The number of benzene rings is 1. The van der Waals surface area contributed by atoms with Gasteiger partial charge in [0.25, 0.3) is 0 Å². The Balaban J connectivity index is 1.76. The van der Waals surface area contributed by atoms with E-state index in [1.54, 1.807) is 18.4 Å². The number of nitrogens with one attached hydrogen (secondary N) is 1. The van der Waals surface area contributed by atoms with Crippen LogP contribution in [0.3, 0.4) is 0 Å². The number of nitrogens with zero attached hydrogens (tertiary/aromatic N) is 1. The average molecular weight is 379 g/mol. The fourth-order valence-corrected chi connectivity index (χ4v) is 3.94. The lowest BCUT2D eigenvalue weighted by atomic mass is 10.1. The number of amidine groups is 1. The molecule has 1 N–H and O–H groups in total. The van der Waals surface area contributed by atoms with E-state index in [4.69, 9.17) is 4.74 Å². The standard InChI is InChI=1S/C17H19BrN2OS/c1-21-15-5-4-13(18)11-12(15)3-6-16-14(7-10-22-16)17-19-8-2-9-20-17/h4-5,7,10-11H,2-3,6,8-9H2,1H3,(H,19,20). The molecule has 1 aromatic carbocycles. The van der Waals surface area contributed by atoms with Crippen molar-refractivity contribution in [2.45, 2.75) is 19.3 Å². The predicted molar refractivity (Wildman–Crippen MR) is 96.4 cm³/mol. The molecule has 0 fully saturated rings. The molecule has 0 amide bonds. The zero-order valence-corrected chi connectivity index (χ0v) is 15.0. The highest BCUT2D eigenvalue weighted by molar-refractivity contribution is 9.10. The lowest BCUT2D eigenvalue weighted by Gasteiger charge is -2.15. The van der Waals surface area contributed by atoms with Gasteiger partial charge in [0.15, 0.2) is 0 Å². The van der Waals surface area contributed by atoms with E-state index in [0.29, 0.717) is 0 Å². The Bertz CT molecular complexity index is 681. The number of thiophene rings is 1. The van der Waals surface area contributed by atoms with Crippen LogP contribution >= 0.6 is 27.3 Å². The first-order valence-electron chi connectivity index (χ1n) is 7.45. The maximum atomic E-state index is 5.46. The number of rotatable bonds is 5. The van der Waals surface area contributed by atoms with Crippen LogP contribution in [0.4, 0.5) is 0 Å². The highest BCUT2D eigenvalue weighted by Crippen LogP contribution is 2.26. The minimum absolute atomic E-state index is 0.928. The van der Waals surface area contributed by atoms with Gasteiger partial charge in [-0.1, -0.05) is 15.9 Å². The second-order valence-corrected chi connectivity index (χ2v) is 7.14. The summed E-state index contributed by atoms with van der Waals surface area (Å²) in [5, 5.41) is 5.57. The van der Waals surface area contributed by atoms with Crippen LogP contribution in [-0.2, 0) is 12.8 Å². The van der Waals surface area contributed by atoms with Crippen molar-refractivity contribution in [3.8, 4) is 5.75 Å². The number of aryl methyl sites for hydroxylation is 2. The molecule has 2 heterocycles. The molecule has 3 nitrogen and oxygen atoms in total. The number of hydrogen-bond acceptors (Lipinski definition) is 4. The topological polar surface area (TPSA) is 33.6 Å². The van der Waals surface area contributed by atoms with Gasteiger partial charge in [-0.25, -0.2) is 0 Å². The van der Waals surface area contributed by atoms with Gasteiger partial charge in [0.1, 0.15) is 11.6 Å². The van der Waals surface area contributed by atoms with Gasteiger partial charge in [-0.3, -0.25) is 4.99 Å². The average Bonchev–Trinajstić information content (AvgIpc) is 3.02. The second kappa shape index (κ2) is 7.29. The van der Waals surface area contributed by atoms with Crippen molar-refractivity contribution >= 4 is 33.1 Å². The second-order valence-electron chi connectivity index (χ2n) is 5.22. The first-order valence-corrected chi connectivity index (χ1v) is 9.12. The van der Waals surface area contributed by atoms with E-state index in [0.717, 1.165) is 48.4 Å². The van der Waals surface area contributed by atoms with Crippen molar-refractivity contribution in [1.29, 1.82) is 0 Å². The first-order chi connectivity index (χ1) is 10.8. The van der Waals surface area contributed by atoms with Crippen LogP contribution in [0.2, 0.25) is 0 Å². The van der Waals surface area contributed by atoms with Gasteiger partial charge < -0.3 is 10.1 Å². The summed E-state index contributed by atoms with van der Waals surface area (Å²) in [6.45, 7) is 1.95. The van der Waals surface area contributed by atoms with Crippen molar-refractivity contribution in [2.75, 3.05) is 20.2 Å². The molecule has 0 bridgehead atoms. The van der Waals surface area contributed by atoms with Crippen molar-refractivity contribution in [3.63, 3.8) is 0 Å². The van der Waals surface area contributed by atoms with Crippen molar-refractivity contribution in [3.05, 3.63) is 50.1 Å². The third kappa shape index (κ3) is 3.52. The third-order valence-electron chi connectivity index (χ3n) is 3.76. The summed E-state index contributed by atoms with van der Waals surface area (Å²) in [4.78, 5) is 6.00. The Hall–Kier alpha value is -1.33. The molecule has 3 rings (SSSR count). The van der Waals surface area contributed by atoms with Gasteiger partial charge in [0, 0.05) is 28.0 Å². The molecule has 116 valence electrons.